The third-order valence-corrected chi connectivity index (χ3v) is 8.54. The number of nitro groups is 1. The van der Waals surface area contributed by atoms with Crippen LogP contribution >= 0.6 is 0 Å². The van der Waals surface area contributed by atoms with Crippen LogP contribution in [-0.4, -0.2) is 47.6 Å². The fourth-order valence-electron chi connectivity index (χ4n) is 6.66. The van der Waals surface area contributed by atoms with Gasteiger partial charge in [-0.2, -0.15) is 0 Å². The number of allylic oxidation sites excluding steroid dienone is 2. The molecule has 0 bridgehead atoms. The maximum Gasteiger partial charge on any atom is 0.337 e. The minimum Gasteiger partial charge on any atom is -1.00 e. The number of hydrogen-bond acceptors (Lipinski definition) is 7. The Kier molecular flexibility index (Phi) is 11.0. The zero-order valence-corrected chi connectivity index (χ0v) is 27.3. The van der Waals surface area contributed by atoms with E-state index in [0.717, 1.165) is 37.0 Å². The summed E-state index contributed by atoms with van der Waals surface area (Å²) in [6.45, 7) is 6.67. The zero-order valence-electron chi connectivity index (χ0n) is 25.7. The van der Waals surface area contributed by atoms with Crippen molar-refractivity contribution in [3.8, 4) is 0 Å². The molecule has 2 heterocycles. The first-order valence-corrected chi connectivity index (χ1v) is 14.8. The van der Waals surface area contributed by atoms with Gasteiger partial charge in [-0.1, -0.05) is 72.8 Å². The number of likely N-dealkylation sites (tertiary alicyclic amines) is 1. The summed E-state index contributed by atoms with van der Waals surface area (Å²) in [5, 5.41) is 14.8. The lowest BCUT2D eigenvalue weighted by Gasteiger charge is -2.44. The van der Waals surface area contributed by atoms with E-state index < -0.39 is 22.8 Å². The van der Waals surface area contributed by atoms with Gasteiger partial charge in [-0.25, -0.2) is 9.59 Å². The first kappa shape index (κ1) is 33.6. The molecule has 0 amide bonds. The summed E-state index contributed by atoms with van der Waals surface area (Å²) in [7, 11) is 1.27. The number of halogens is 1. The van der Waals surface area contributed by atoms with Crippen LogP contribution in [0.5, 0.6) is 0 Å². The van der Waals surface area contributed by atoms with E-state index in [1.54, 1.807) is 26.0 Å². The summed E-state index contributed by atoms with van der Waals surface area (Å²) in [6, 6.07) is 26.8. The van der Waals surface area contributed by atoms with Crippen LogP contribution in [0.15, 0.2) is 107 Å². The fraction of sp³-hybridized carbons (Fsp3) is 0.314. The topological polar surface area (TPSA) is 108 Å². The number of nitrogens with zero attached hydrogens (tertiary/aromatic N) is 2. The SMILES string of the molecule is COC(=O)C1=C(C)NC(C)=C(C(=O)O[C@@H]2CCC[N+](Cc3ccccc3)(Cc3ccccc3)C2)[C@H]1c1cccc([N+](=O)[O-])c1.[Br-]. The van der Waals surface area contributed by atoms with Gasteiger partial charge in [0.2, 0.25) is 0 Å². The number of benzene rings is 3. The van der Waals surface area contributed by atoms with Crippen LogP contribution in [0.3, 0.4) is 0 Å². The number of hydrogen-bond donors (Lipinski definition) is 1. The summed E-state index contributed by atoms with van der Waals surface area (Å²) in [5.74, 6) is -2.07. The van der Waals surface area contributed by atoms with Crippen LogP contribution in [0.1, 0.15) is 49.3 Å². The Morgan fingerprint density at radius 1 is 0.889 bits per heavy atom. The number of esters is 2. The van der Waals surface area contributed by atoms with Crippen molar-refractivity contribution >= 4 is 17.6 Å². The second-order valence-electron chi connectivity index (χ2n) is 11.7. The summed E-state index contributed by atoms with van der Waals surface area (Å²) < 4.78 is 12.1. The molecule has 9 nitrogen and oxygen atoms in total. The Balaban J connectivity index is 0.00000461. The molecule has 10 heteroatoms. The lowest BCUT2D eigenvalue weighted by atomic mass is 9.80. The van der Waals surface area contributed by atoms with Gasteiger partial charge in [0.05, 0.1) is 35.6 Å². The number of carbonyl (C=O) groups excluding carboxylic acids is 2. The molecule has 2 aliphatic rings. The molecule has 0 aromatic heterocycles. The molecule has 2 aliphatic heterocycles. The average molecular weight is 677 g/mol. The van der Waals surface area contributed by atoms with Crippen molar-refractivity contribution in [3.05, 3.63) is 134 Å². The standard InChI is InChI=1S/C35H37N3O6.BrH/c1-24-31(34(39)43-3)33(28-16-10-17-29(20-28)37(41)42)32(25(2)36-24)35(40)44-30-18-11-19-38(23-30,21-26-12-6-4-7-13-26)22-27-14-8-5-9-15-27;/h4-10,12-17,20,30,33H,11,18-19,21-23H2,1-3H3;1H/t30-,33+;/m1./s1. The van der Waals surface area contributed by atoms with Crippen LogP contribution < -0.4 is 22.3 Å². The highest BCUT2D eigenvalue weighted by Crippen LogP contribution is 2.40. The highest BCUT2D eigenvalue weighted by molar-refractivity contribution is 6.00. The summed E-state index contributed by atoms with van der Waals surface area (Å²) in [6.07, 6.45) is 1.24. The number of nitrogens with one attached hydrogen (secondary N) is 1. The number of methoxy groups -OCH3 is 1. The quantitative estimate of drug-likeness (QED) is 0.161. The molecular weight excluding hydrogens is 638 g/mol. The Bertz CT molecular complexity index is 1560. The molecule has 1 saturated heterocycles. The van der Waals surface area contributed by atoms with Crippen LogP contribution in [0.25, 0.3) is 0 Å². The van der Waals surface area contributed by atoms with Crippen LogP contribution in [-0.2, 0) is 32.2 Å². The van der Waals surface area contributed by atoms with Crippen molar-refractivity contribution in [1.29, 1.82) is 0 Å². The lowest BCUT2D eigenvalue weighted by molar-refractivity contribution is -0.960. The molecule has 0 spiro atoms. The van der Waals surface area contributed by atoms with E-state index in [-0.39, 0.29) is 39.9 Å². The monoisotopic (exact) mass is 675 g/mol. The molecule has 1 fully saturated rings. The van der Waals surface area contributed by atoms with Gasteiger partial charge >= 0.3 is 11.9 Å². The van der Waals surface area contributed by atoms with Gasteiger partial charge in [0.25, 0.3) is 5.69 Å². The zero-order chi connectivity index (χ0) is 31.3. The molecule has 236 valence electrons. The number of dihydropyridines is 1. The van der Waals surface area contributed by atoms with E-state index >= 15 is 0 Å². The molecule has 1 N–H and O–H groups in total. The first-order valence-electron chi connectivity index (χ1n) is 14.8. The van der Waals surface area contributed by atoms with E-state index in [1.165, 1.54) is 30.4 Å². The Hall–Kier alpha value is -4.28. The second-order valence-corrected chi connectivity index (χ2v) is 11.7. The number of piperidine rings is 1. The van der Waals surface area contributed by atoms with Gasteiger partial charge < -0.3 is 36.3 Å². The molecule has 0 radical (unpaired) electrons. The van der Waals surface area contributed by atoms with Gasteiger partial charge in [0, 0.05) is 41.1 Å². The molecule has 3 aromatic rings. The highest BCUT2D eigenvalue weighted by atomic mass is 79.9. The summed E-state index contributed by atoms with van der Waals surface area (Å²) in [4.78, 5) is 38.3. The predicted molar refractivity (Wildman–Crippen MR) is 166 cm³/mol. The van der Waals surface area contributed by atoms with Crippen molar-refractivity contribution in [2.24, 2.45) is 0 Å². The lowest BCUT2D eigenvalue weighted by Crippen LogP contribution is -3.00. The molecular formula is C35H38BrN3O6. The third-order valence-electron chi connectivity index (χ3n) is 8.54. The molecule has 5 rings (SSSR count). The molecule has 0 aliphatic carbocycles. The largest absolute Gasteiger partial charge is 1.00 e. The van der Waals surface area contributed by atoms with Gasteiger partial charge in [-0.15, -0.1) is 0 Å². The summed E-state index contributed by atoms with van der Waals surface area (Å²) >= 11 is 0. The van der Waals surface area contributed by atoms with Crippen molar-refractivity contribution in [3.63, 3.8) is 0 Å². The van der Waals surface area contributed by atoms with Crippen LogP contribution in [0.4, 0.5) is 5.69 Å². The molecule has 0 unspecified atom stereocenters. The minimum atomic E-state index is -0.896. The smallest absolute Gasteiger partial charge is 0.337 e. The minimum absolute atomic E-state index is 0. The van der Waals surface area contributed by atoms with Crippen molar-refractivity contribution < 1.29 is 45.5 Å². The number of nitro benzene ring substituents is 1. The first-order chi connectivity index (χ1) is 21.2. The average Bonchev–Trinajstić information content (AvgIpc) is 3.01. The molecule has 45 heavy (non-hydrogen) atoms. The fourth-order valence-corrected chi connectivity index (χ4v) is 6.66. The van der Waals surface area contributed by atoms with E-state index in [2.05, 4.69) is 29.6 Å². The number of non-ortho nitro benzene ring substituents is 1. The molecule has 3 aromatic carbocycles. The number of rotatable bonds is 9. The summed E-state index contributed by atoms with van der Waals surface area (Å²) in [5.41, 5.74) is 4.25. The maximum atomic E-state index is 14.1. The van der Waals surface area contributed by atoms with Crippen LogP contribution in [0.2, 0.25) is 0 Å². The van der Waals surface area contributed by atoms with Crippen molar-refractivity contribution in [2.45, 2.75) is 51.8 Å². The van der Waals surface area contributed by atoms with E-state index in [9.17, 15) is 19.7 Å². The Morgan fingerprint density at radius 3 is 2.02 bits per heavy atom. The van der Waals surface area contributed by atoms with E-state index in [4.69, 9.17) is 9.47 Å². The second kappa shape index (κ2) is 14.7. The third kappa shape index (κ3) is 7.69. The van der Waals surface area contributed by atoms with E-state index in [0.29, 0.717) is 23.5 Å². The van der Waals surface area contributed by atoms with Gasteiger partial charge in [0.15, 0.2) is 6.10 Å². The Labute approximate surface area is 274 Å². The van der Waals surface area contributed by atoms with Crippen LogP contribution in [0, 0.1) is 10.1 Å². The van der Waals surface area contributed by atoms with Crippen molar-refractivity contribution in [2.75, 3.05) is 20.2 Å². The highest BCUT2D eigenvalue weighted by Gasteiger charge is 2.42. The number of carbonyl (C=O) groups is 2. The molecule has 0 saturated carbocycles. The van der Waals surface area contributed by atoms with Gasteiger partial charge in [-0.05, 0) is 25.8 Å². The van der Waals surface area contributed by atoms with E-state index in [1.807, 2.05) is 36.4 Å². The number of ether oxygens (including phenoxy) is 2. The number of quaternary nitrogens is 1. The molecule has 2 atom stereocenters. The van der Waals surface area contributed by atoms with Crippen molar-refractivity contribution in [1.82, 2.24) is 5.32 Å². The van der Waals surface area contributed by atoms with Gasteiger partial charge in [0.1, 0.15) is 19.6 Å². The Morgan fingerprint density at radius 2 is 1.47 bits per heavy atom. The predicted octanol–water partition coefficient (Wildman–Crippen LogP) is 2.93. The normalized spacial score (nSPS) is 19.2. The van der Waals surface area contributed by atoms with Gasteiger partial charge in [-0.3, -0.25) is 10.1 Å². The maximum absolute atomic E-state index is 14.1.